The maximum atomic E-state index is 11.6. The van der Waals surface area contributed by atoms with Gasteiger partial charge in [-0.05, 0) is 38.8 Å². The Bertz CT molecular complexity index is 275. The molecule has 1 rings (SSSR count). The maximum absolute atomic E-state index is 11.6. The summed E-state index contributed by atoms with van der Waals surface area (Å²) in [6, 6.07) is -1.22. The van der Waals surface area contributed by atoms with Gasteiger partial charge in [0.15, 0.2) is 6.04 Å². The van der Waals surface area contributed by atoms with E-state index in [0.717, 1.165) is 25.9 Å². The van der Waals surface area contributed by atoms with E-state index in [4.69, 9.17) is 5.11 Å². The third kappa shape index (κ3) is 4.70. The molecule has 0 spiro atoms. The zero-order valence-corrected chi connectivity index (χ0v) is 9.98. The molecule has 0 aromatic carbocycles. The lowest BCUT2D eigenvalue weighted by atomic mass is 9.95. The van der Waals surface area contributed by atoms with Gasteiger partial charge in [0.1, 0.15) is 0 Å². The van der Waals surface area contributed by atoms with E-state index in [-0.39, 0.29) is 11.8 Å². The Balaban J connectivity index is 2.38. The van der Waals surface area contributed by atoms with E-state index >= 15 is 0 Å². The smallest absolute Gasteiger partial charge is 0.328 e. The Morgan fingerprint density at radius 3 is 2.71 bits per heavy atom. The summed E-state index contributed by atoms with van der Waals surface area (Å²) in [5.74, 6) is -1.27. The molecule has 6 nitrogen and oxygen atoms in total. The molecule has 1 heterocycles. The number of nitrogens with one attached hydrogen (secondary N) is 2. The van der Waals surface area contributed by atoms with Crippen molar-refractivity contribution in [3.05, 3.63) is 0 Å². The third-order valence-corrected chi connectivity index (χ3v) is 2.94. The highest BCUT2D eigenvalue weighted by atomic mass is 16.4. The predicted molar refractivity (Wildman–Crippen MR) is 61.5 cm³/mol. The summed E-state index contributed by atoms with van der Waals surface area (Å²) in [6.45, 7) is 3.12. The number of hydrogen-bond donors (Lipinski definition) is 4. The molecule has 0 saturated carbocycles. The summed E-state index contributed by atoms with van der Waals surface area (Å²) in [7, 11) is 0. The van der Waals surface area contributed by atoms with E-state index in [9.17, 15) is 14.7 Å². The van der Waals surface area contributed by atoms with E-state index in [1.165, 1.54) is 6.92 Å². The van der Waals surface area contributed by atoms with Gasteiger partial charge in [-0.1, -0.05) is 0 Å². The number of piperidine rings is 1. The number of rotatable bonds is 5. The van der Waals surface area contributed by atoms with Crippen molar-refractivity contribution >= 4 is 11.9 Å². The molecule has 1 fully saturated rings. The van der Waals surface area contributed by atoms with Gasteiger partial charge < -0.3 is 20.8 Å². The van der Waals surface area contributed by atoms with Gasteiger partial charge in [-0.3, -0.25) is 4.79 Å². The standard InChI is InChI=1S/C11H20N2O4/c1-7(14)10(11(16)17)13-9(15)5-8-3-2-4-12-6-8/h7-8,10,12,14H,2-6H2,1H3,(H,13,15)(H,16,17)/t7-,8?,10+/m1/s1. The average molecular weight is 244 g/mol. The first-order valence-corrected chi connectivity index (χ1v) is 5.91. The number of amides is 1. The molecule has 98 valence electrons. The lowest BCUT2D eigenvalue weighted by Gasteiger charge is -2.23. The van der Waals surface area contributed by atoms with Crippen molar-refractivity contribution in [1.82, 2.24) is 10.6 Å². The summed E-state index contributed by atoms with van der Waals surface area (Å²) in [6.07, 6.45) is 1.23. The molecule has 0 bridgehead atoms. The van der Waals surface area contributed by atoms with Gasteiger partial charge in [0.05, 0.1) is 6.10 Å². The van der Waals surface area contributed by atoms with Gasteiger partial charge in [0.2, 0.25) is 5.91 Å². The lowest BCUT2D eigenvalue weighted by Crippen LogP contribution is -2.48. The minimum atomic E-state index is -1.22. The first-order chi connectivity index (χ1) is 8.00. The molecule has 3 atom stereocenters. The highest BCUT2D eigenvalue weighted by molar-refractivity contribution is 5.84. The van der Waals surface area contributed by atoms with Crippen LogP contribution in [0.1, 0.15) is 26.2 Å². The Kier molecular flexibility index (Phi) is 5.37. The first-order valence-electron chi connectivity index (χ1n) is 5.91. The Morgan fingerprint density at radius 1 is 1.53 bits per heavy atom. The monoisotopic (exact) mass is 244 g/mol. The maximum Gasteiger partial charge on any atom is 0.328 e. The van der Waals surface area contributed by atoms with Gasteiger partial charge in [-0.25, -0.2) is 4.79 Å². The molecular formula is C11H20N2O4. The minimum absolute atomic E-state index is 0.257. The second kappa shape index (κ2) is 6.56. The van der Waals surface area contributed by atoms with Crippen molar-refractivity contribution in [3.8, 4) is 0 Å². The molecule has 1 saturated heterocycles. The first kappa shape index (κ1) is 13.9. The molecule has 0 aliphatic carbocycles. The molecule has 0 aromatic heterocycles. The average Bonchev–Trinajstić information content (AvgIpc) is 2.26. The van der Waals surface area contributed by atoms with E-state index < -0.39 is 18.1 Å². The Morgan fingerprint density at radius 2 is 2.24 bits per heavy atom. The van der Waals surface area contributed by atoms with Crippen LogP contribution in [0.25, 0.3) is 0 Å². The fourth-order valence-corrected chi connectivity index (χ4v) is 1.98. The Hall–Kier alpha value is -1.14. The van der Waals surface area contributed by atoms with Gasteiger partial charge in [-0.15, -0.1) is 0 Å². The minimum Gasteiger partial charge on any atom is -0.480 e. The summed E-state index contributed by atoms with van der Waals surface area (Å²) in [5, 5.41) is 23.6. The summed E-state index contributed by atoms with van der Waals surface area (Å²) in [4.78, 5) is 22.4. The highest BCUT2D eigenvalue weighted by Crippen LogP contribution is 2.13. The number of carbonyl (C=O) groups is 2. The number of carboxylic acid groups (broad SMARTS) is 1. The molecule has 0 aromatic rings. The van der Waals surface area contributed by atoms with Crippen LogP contribution in [-0.4, -0.2) is 47.3 Å². The van der Waals surface area contributed by atoms with Crippen LogP contribution in [0.5, 0.6) is 0 Å². The van der Waals surface area contributed by atoms with Crippen LogP contribution in [0.3, 0.4) is 0 Å². The van der Waals surface area contributed by atoms with E-state index in [1.807, 2.05) is 0 Å². The summed E-state index contributed by atoms with van der Waals surface area (Å²) in [5.41, 5.74) is 0. The molecule has 1 unspecified atom stereocenters. The quantitative estimate of drug-likeness (QED) is 0.514. The van der Waals surface area contributed by atoms with Crippen molar-refractivity contribution < 1.29 is 19.8 Å². The SMILES string of the molecule is C[C@@H](O)[C@H](NC(=O)CC1CCCNC1)C(=O)O. The topological polar surface area (TPSA) is 98.7 Å². The summed E-state index contributed by atoms with van der Waals surface area (Å²) < 4.78 is 0. The van der Waals surface area contributed by atoms with Crippen LogP contribution in [0, 0.1) is 5.92 Å². The molecule has 17 heavy (non-hydrogen) atoms. The van der Waals surface area contributed by atoms with Gasteiger partial charge in [0.25, 0.3) is 0 Å². The van der Waals surface area contributed by atoms with Crippen molar-refractivity contribution in [3.63, 3.8) is 0 Å². The van der Waals surface area contributed by atoms with Crippen LogP contribution in [0.2, 0.25) is 0 Å². The van der Waals surface area contributed by atoms with Crippen LogP contribution in [0.4, 0.5) is 0 Å². The van der Waals surface area contributed by atoms with E-state index in [2.05, 4.69) is 10.6 Å². The van der Waals surface area contributed by atoms with Crippen molar-refractivity contribution in [2.45, 2.75) is 38.3 Å². The number of aliphatic carboxylic acids is 1. The largest absolute Gasteiger partial charge is 0.480 e. The van der Waals surface area contributed by atoms with Crippen molar-refractivity contribution in [2.24, 2.45) is 5.92 Å². The number of hydrogen-bond acceptors (Lipinski definition) is 4. The third-order valence-electron chi connectivity index (χ3n) is 2.94. The molecule has 6 heteroatoms. The summed E-state index contributed by atoms with van der Waals surface area (Å²) >= 11 is 0. The van der Waals surface area contributed by atoms with Crippen LogP contribution >= 0.6 is 0 Å². The lowest BCUT2D eigenvalue weighted by molar-refractivity contribution is -0.144. The molecule has 1 aliphatic rings. The van der Waals surface area contributed by atoms with Crippen molar-refractivity contribution in [2.75, 3.05) is 13.1 Å². The number of aliphatic hydroxyl groups excluding tert-OH is 1. The fourth-order valence-electron chi connectivity index (χ4n) is 1.98. The molecule has 0 radical (unpaired) electrons. The zero-order valence-electron chi connectivity index (χ0n) is 9.98. The molecule has 1 amide bonds. The van der Waals surface area contributed by atoms with E-state index in [1.54, 1.807) is 0 Å². The Labute approximate surface area is 100 Å². The fraction of sp³-hybridized carbons (Fsp3) is 0.818. The highest BCUT2D eigenvalue weighted by Gasteiger charge is 2.26. The molecule has 4 N–H and O–H groups in total. The second-order valence-electron chi connectivity index (χ2n) is 4.54. The normalized spacial score (nSPS) is 23.8. The number of carbonyl (C=O) groups excluding carboxylic acids is 1. The number of aliphatic hydroxyl groups is 1. The van der Waals surface area contributed by atoms with Gasteiger partial charge in [-0.2, -0.15) is 0 Å². The van der Waals surface area contributed by atoms with Crippen molar-refractivity contribution in [1.29, 1.82) is 0 Å². The van der Waals surface area contributed by atoms with Crippen LogP contribution in [-0.2, 0) is 9.59 Å². The van der Waals surface area contributed by atoms with Gasteiger partial charge in [0, 0.05) is 6.42 Å². The zero-order chi connectivity index (χ0) is 12.8. The van der Waals surface area contributed by atoms with Crippen LogP contribution < -0.4 is 10.6 Å². The van der Waals surface area contributed by atoms with E-state index in [0.29, 0.717) is 6.42 Å². The molecule has 1 aliphatic heterocycles. The van der Waals surface area contributed by atoms with Gasteiger partial charge >= 0.3 is 5.97 Å². The van der Waals surface area contributed by atoms with Crippen LogP contribution in [0.15, 0.2) is 0 Å². The molecular weight excluding hydrogens is 224 g/mol. The number of carboxylic acids is 1. The predicted octanol–water partition coefficient (Wildman–Crippen LogP) is -0.674. The second-order valence-corrected chi connectivity index (χ2v) is 4.54.